The highest BCUT2D eigenvalue weighted by Gasteiger charge is 2.50. The summed E-state index contributed by atoms with van der Waals surface area (Å²) in [7, 11) is 1.18. The molecule has 0 aliphatic carbocycles. The summed E-state index contributed by atoms with van der Waals surface area (Å²) in [5, 5.41) is 2.33. The van der Waals surface area contributed by atoms with Crippen LogP contribution in [-0.4, -0.2) is 36.5 Å². The second-order valence-electron chi connectivity index (χ2n) is 4.96. The van der Waals surface area contributed by atoms with Crippen LogP contribution in [0.25, 0.3) is 0 Å². The van der Waals surface area contributed by atoms with Gasteiger partial charge in [0.2, 0.25) is 0 Å². The summed E-state index contributed by atoms with van der Waals surface area (Å²) >= 11 is 0. The third kappa shape index (κ3) is 2.63. The molecule has 0 radical (unpaired) electrons. The van der Waals surface area contributed by atoms with Crippen LogP contribution in [0.5, 0.6) is 0 Å². The molecule has 1 aromatic carbocycles. The first-order valence-electron chi connectivity index (χ1n) is 6.46. The van der Waals surface area contributed by atoms with Gasteiger partial charge >= 0.3 is 12.0 Å². The van der Waals surface area contributed by atoms with Gasteiger partial charge in [-0.05, 0) is 25.1 Å². The Balaban J connectivity index is 2.29. The Labute approximate surface area is 125 Å². The number of halogens is 2. The van der Waals surface area contributed by atoms with Crippen molar-refractivity contribution >= 4 is 17.9 Å². The van der Waals surface area contributed by atoms with E-state index in [1.807, 2.05) is 0 Å². The predicted octanol–water partition coefficient (Wildman–Crippen LogP) is 1.29. The van der Waals surface area contributed by atoms with Crippen LogP contribution in [0.15, 0.2) is 18.2 Å². The summed E-state index contributed by atoms with van der Waals surface area (Å²) in [5.41, 5.74) is -1.99. The van der Waals surface area contributed by atoms with Crippen LogP contribution in [0.1, 0.15) is 18.9 Å². The number of benzene rings is 1. The van der Waals surface area contributed by atoms with Crippen LogP contribution >= 0.6 is 0 Å². The molecule has 1 heterocycles. The molecule has 1 saturated heterocycles. The van der Waals surface area contributed by atoms with Gasteiger partial charge in [0.1, 0.15) is 17.2 Å². The molecule has 1 N–H and O–H groups in total. The molecule has 1 aromatic rings. The lowest BCUT2D eigenvalue weighted by molar-refractivity contribution is -0.141. The Morgan fingerprint density at radius 1 is 1.36 bits per heavy atom. The number of nitrogens with zero attached hydrogens (tertiary/aromatic N) is 1. The fraction of sp³-hybridized carbons (Fsp3) is 0.357. The van der Waals surface area contributed by atoms with Crippen molar-refractivity contribution in [3.63, 3.8) is 0 Å². The average molecular weight is 312 g/mol. The third-order valence-electron chi connectivity index (χ3n) is 3.51. The minimum Gasteiger partial charge on any atom is -0.469 e. The van der Waals surface area contributed by atoms with Gasteiger partial charge in [0.15, 0.2) is 0 Å². The number of rotatable bonds is 4. The molecule has 1 atom stereocenters. The fourth-order valence-corrected chi connectivity index (χ4v) is 2.27. The Bertz CT molecular complexity index is 650. The van der Waals surface area contributed by atoms with E-state index in [1.165, 1.54) is 14.0 Å². The van der Waals surface area contributed by atoms with E-state index < -0.39 is 35.1 Å². The summed E-state index contributed by atoms with van der Waals surface area (Å²) in [5.74, 6) is -2.89. The zero-order valence-corrected chi connectivity index (χ0v) is 12.0. The summed E-state index contributed by atoms with van der Waals surface area (Å²) in [6.45, 7) is 1.08. The number of amides is 3. The molecule has 0 saturated carbocycles. The topological polar surface area (TPSA) is 75.7 Å². The van der Waals surface area contributed by atoms with Crippen LogP contribution in [0.2, 0.25) is 0 Å². The summed E-state index contributed by atoms with van der Waals surface area (Å²) in [6, 6.07) is 1.88. The third-order valence-corrected chi connectivity index (χ3v) is 3.51. The molecular weight excluding hydrogens is 298 g/mol. The smallest absolute Gasteiger partial charge is 0.325 e. The molecule has 3 amide bonds. The van der Waals surface area contributed by atoms with Gasteiger partial charge in [-0.3, -0.25) is 14.5 Å². The molecule has 118 valence electrons. The van der Waals surface area contributed by atoms with Crippen molar-refractivity contribution in [2.75, 3.05) is 13.7 Å². The largest absolute Gasteiger partial charge is 0.469 e. The summed E-state index contributed by atoms with van der Waals surface area (Å²) in [6.07, 6.45) is -0.183. The van der Waals surface area contributed by atoms with Gasteiger partial charge in [0, 0.05) is 12.1 Å². The number of imide groups is 1. The molecule has 22 heavy (non-hydrogen) atoms. The minimum absolute atomic E-state index is 0.183. The zero-order chi connectivity index (χ0) is 16.5. The number of carbonyl (C=O) groups is 3. The second-order valence-corrected chi connectivity index (χ2v) is 4.96. The molecule has 0 spiro atoms. The van der Waals surface area contributed by atoms with Gasteiger partial charge in [0.25, 0.3) is 5.91 Å². The fourth-order valence-electron chi connectivity index (χ4n) is 2.27. The van der Waals surface area contributed by atoms with E-state index in [0.717, 1.165) is 23.1 Å². The van der Waals surface area contributed by atoms with Gasteiger partial charge in [-0.25, -0.2) is 13.6 Å². The number of urea groups is 1. The number of hydrogen-bond acceptors (Lipinski definition) is 4. The van der Waals surface area contributed by atoms with Crippen molar-refractivity contribution in [1.82, 2.24) is 10.2 Å². The lowest BCUT2D eigenvalue weighted by Gasteiger charge is -2.22. The predicted molar refractivity (Wildman–Crippen MR) is 70.6 cm³/mol. The first-order valence-corrected chi connectivity index (χ1v) is 6.46. The Kier molecular flexibility index (Phi) is 4.11. The van der Waals surface area contributed by atoms with Gasteiger partial charge in [0.05, 0.1) is 13.5 Å². The highest BCUT2D eigenvalue weighted by atomic mass is 19.1. The van der Waals surface area contributed by atoms with Gasteiger partial charge in [-0.2, -0.15) is 0 Å². The Hall–Kier alpha value is -2.51. The Morgan fingerprint density at radius 2 is 2.05 bits per heavy atom. The number of nitrogens with one attached hydrogen (secondary N) is 1. The molecule has 1 aliphatic rings. The number of methoxy groups -OCH3 is 1. The SMILES string of the molecule is COC(=O)CCN1C(=O)N[C@@](C)(c2cc(F)ccc2F)C1=O. The second kappa shape index (κ2) is 5.70. The van der Waals surface area contributed by atoms with E-state index in [9.17, 15) is 23.2 Å². The standard InChI is InChI=1S/C14H14F2N2O4/c1-14(9-7-8(15)3-4-10(9)16)12(20)18(13(21)17-14)6-5-11(19)22-2/h3-4,7H,5-6H2,1-2H3,(H,17,21)/t14-/m0/s1. The van der Waals surface area contributed by atoms with E-state index in [-0.39, 0.29) is 18.5 Å². The molecular formula is C14H14F2N2O4. The van der Waals surface area contributed by atoms with E-state index >= 15 is 0 Å². The molecule has 0 unspecified atom stereocenters. The van der Waals surface area contributed by atoms with Crippen molar-refractivity contribution in [1.29, 1.82) is 0 Å². The summed E-state index contributed by atoms with van der Waals surface area (Å²) < 4.78 is 31.7. The summed E-state index contributed by atoms with van der Waals surface area (Å²) in [4.78, 5) is 36.2. The normalized spacial score (nSPS) is 21.0. The highest BCUT2D eigenvalue weighted by molar-refractivity contribution is 6.07. The maximum absolute atomic E-state index is 13.9. The molecule has 0 bridgehead atoms. The monoisotopic (exact) mass is 312 g/mol. The van der Waals surface area contributed by atoms with E-state index in [2.05, 4.69) is 10.1 Å². The maximum atomic E-state index is 13.9. The Morgan fingerprint density at radius 3 is 2.68 bits per heavy atom. The number of carbonyl (C=O) groups excluding carboxylic acids is 3. The number of esters is 1. The first kappa shape index (κ1) is 15.9. The molecule has 8 heteroatoms. The average Bonchev–Trinajstić information content (AvgIpc) is 2.70. The quantitative estimate of drug-likeness (QED) is 0.671. The molecule has 6 nitrogen and oxygen atoms in total. The van der Waals surface area contributed by atoms with Crippen molar-refractivity contribution in [2.24, 2.45) is 0 Å². The van der Waals surface area contributed by atoms with Crippen LogP contribution in [0, 0.1) is 11.6 Å². The van der Waals surface area contributed by atoms with Gasteiger partial charge in [-0.1, -0.05) is 0 Å². The van der Waals surface area contributed by atoms with Crippen molar-refractivity contribution < 1.29 is 27.9 Å². The van der Waals surface area contributed by atoms with Crippen LogP contribution in [0.3, 0.4) is 0 Å². The van der Waals surface area contributed by atoms with Crippen molar-refractivity contribution in [2.45, 2.75) is 18.9 Å². The van der Waals surface area contributed by atoms with Crippen LogP contribution in [0.4, 0.5) is 13.6 Å². The molecule has 1 fully saturated rings. The molecule has 1 aliphatic heterocycles. The lowest BCUT2D eigenvalue weighted by atomic mass is 9.91. The van der Waals surface area contributed by atoms with Crippen molar-refractivity contribution in [3.8, 4) is 0 Å². The zero-order valence-electron chi connectivity index (χ0n) is 12.0. The maximum Gasteiger partial charge on any atom is 0.325 e. The minimum atomic E-state index is -1.72. The van der Waals surface area contributed by atoms with E-state index in [0.29, 0.717) is 0 Å². The van der Waals surface area contributed by atoms with Gasteiger partial charge < -0.3 is 10.1 Å². The van der Waals surface area contributed by atoms with E-state index in [4.69, 9.17) is 0 Å². The molecule has 2 rings (SSSR count). The highest BCUT2D eigenvalue weighted by Crippen LogP contribution is 2.31. The lowest BCUT2D eigenvalue weighted by Crippen LogP contribution is -2.42. The number of hydrogen-bond donors (Lipinski definition) is 1. The van der Waals surface area contributed by atoms with E-state index in [1.54, 1.807) is 0 Å². The molecule has 0 aromatic heterocycles. The van der Waals surface area contributed by atoms with Crippen molar-refractivity contribution in [3.05, 3.63) is 35.4 Å². The first-order chi connectivity index (χ1) is 10.3. The van der Waals surface area contributed by atoms with Crippen LogP contribution in [-0.2, 0) is 19.9 Å². The van der Waals surface area contributed by atoms with Gasteiger partial charge in [-0.15, -0.1) is 0 Å². The van der Waals surface area contributed by atoms with Crippen LogP contribution < -0.4 is 5.32 Å². The number of ether oxygens (including phenoxy) is 1.